The van der Waals surface area contributed by atoms with Gasteiger partial charge in [0.15, 0.2) is 0 Å². The van der Waals surface area contributed by atoms with Gasteiger partial charge in [-0.2, -0.15) is 5.10 Å². The largest absolute Gasteiger partial charge is 0.311 e. The summed E-state index contributed by atoms with van der Waals surface area (Å²) in [6, 6.07) is 6.19. The molecule has 0 aliphatic rings. The van der Waals surface area contributed by atoms with E-state index >= 15 is 0 Å². The van der Waals surface area contributed by atoms with Crippen molar-refractivity contribution in [2.45, 2.75) is 19.9 Å². The van der Waals surface area contributed by atoms with Crippen LogP contribution in [0.15, 0.2) is 24.3 Å². The Labute approximate surface area is 184 Å². The van der Waals surface area contributed by atoms with Gasteiger partial charge in [-0.05, 0) is 50.8 Å². The summed E-state index contributed by atoms with van der Waals surface area (Å²) in [6.45, 7) is 2.48. The molecule has 0 spiro atoms. The highest BCUT2D eigenvalue weighted by Crippen LogP contribution is 2.27. The van der Waals surface area contributed by atoms with Gasteiger partial charge in [-0.3, -0.25) is 9.48 Å². The van der Waals surface area contributed by atoms with Crippen LogP contribution in [0.1, 0.15) is 32.4 Å². The Morgan fingerprint density at radius 2 is 2.03 bits per heavy atom. The molecule has 29 heavy (non-hydrogen) atoms. The molecule has 2 aromatic heterocycles. The maximum Gasteiger partial charge on any atom is 0.274 e. The van der Waals surface area contributed by atoms with Gasteiger partial charge in [0.25, 0.3) is 5.91 Å². The van der Waals surface area contributed by atoms with Crippen molar-refractivity contribution < 1.29 is 9.18 Å². The number of rotatable bonds is 6. The van der Waals surface area contributed by atoms with E-state index in [1.165, 1.54) is 23.5 Å². The van der Waals surface area contributed by atoms with Crippen LogP contribution in [-0.2, 0) is 20.0 Å². The molecule has 0 bridgehead atoms. The van der Waals surface area contributed by atoms with E-state index < -0.39 is 0 Å². The van der Waals surface area contributed by atoms with Gasteiger partial charge < -0.3 is 10.2 Å². The second-order valence-electron chi connectivity index (χ2n) is 6.81. The van der Waals surface area contributed by atoms with Crippen LogP contribution in [0.5, 0.6) is 0 Å². The van der Waals surface area contributed by atoms with Crippen LogP contribution >= 0.6 is 35.3 Å². The molecule has 1 aromatic carbocycles. The third-order valence-corrected chi connectivity index (χ3v) is 5.28. The summed E-state index contributed by atoms with van der Waals surface area (Å²) in [7, 11) is 5.64. The SMILES string of the molecule is Cc1nc(Cc2cc(F)cc(Cl)c2)sc1NC(=O)c1cc(CN(C)C)nn1C.Cl. The second-order valence-corrected chi connectivity index (χ2v) is 8.33. The predicted molar refractivity (Wildman–Crippen MR) is 117 cm³/mol. The zero-order valence-corrected chi connectivity index (χ0v) is 18.9. The van der Waals surface area contributed by atoms with Gasteiger partial charge in [0.2, 0.25) is 0 Å². The van der Waals surface area contributed by atoms with E-state index in [9.17, 15) is 9.18 Å². The Morgan fingerprint density at radius 3 is 2.69 bits per heavy atom. The first kappa shape index (κ1) is 23.3. The maximum atomic E-state index is 13.5. The van der Waals surface area contributed by atoms with E-state index in [0.29, 0.717) is 34.4 Å². The molecule has 2 heterocycles. The van der Waals surface area contributed by atoms with E-state index in [2.05, 4.69) is 15.4 Å². The molecule has 3 rings (SSSR count). The number of nitrogens with zero attached hydrogens (tertiary/aromatic N) is 4. The molecular formula is C19H22Cl2FN5OS. The van der Waals surface area contributed by atoms with Crippen LogP contribution in [0.25, 0.3) is 0 Å². The van der Waals surface area contributed by atoms with Crippen molar-refractivity contribution in [2.24, 2.45) is 7.05 Å². The zero-order valence-electron chi connectivity index (χ0n) is 16.5. The molecule has 6 nitrogen and oxygen atoms in total. The van der Waals surface area contributed by atoms with Crippen LogP contribution in [0, 0.1) is 12.7 Å². The van der Waals surface area contributed by atoms with E-state index in [4.69, 9.17) is 11.6 Å². The van der Waals surface area contributed by atoms with E-state index in [-0.39, 0.29) is 24.1 Å². The van der Waals surface area contributed by atoms with Crippen LogP contribution in [0.2, 0.25) is 5.02 Å². The van der Waals surface area contributed by atoms with E-state index in [1.807, 2.05) is 25.9 Å². The van der Waals surface area contributed by atoms with Crippen molar-refractivity contribution in [3.63, 3.8) is 0 Å². The summed E-state index contributed by atoms with van der Waals surface area (Å²) in [5.74, 6) is -0.624. The number of hydrogen-bond acceptors (Lipinski definition) is 5. The lowest BCUT2D eigenvalue weighted by Gasteiger charge is -2.04. The minimum Gasteiger partial charge on any atom is -0.311 e. The normalized spacial score (nSPS) is 10.9. The minimum absolute atomic E-state index is 0. The highest BCUT2D eigenvalue weighted by molar-refractivity contribution is 7.16. The molecule has 0 radical (unpaired) electrons. The Morgan fingerprint density at radius 1 is 1.31 bits per heavy atom. The van der Waals surface area contributed by atoms with Crippen molar-refractivity contribution in [1.29, 1.82) is 0 Å². The van der Waals surface area contributed by atoms with Crippen molar-refractivity contribution in [1.82, 2.24) is 19.7 Å². The summed E-state index contributed by atoms with van der Waals surface area (Å²) in [5, 5.41) is 9.06. The molecule has 3 aromatic rings. The van der Waals surface area contributed by atoms with Gasteiger partial charge >= 0.3 is 0 Å². The first-order valence-electron chi connectivity index (χ1n) is 8.61. The monoisotopic (exact) mass is 457 g/mol. The Hall–Kier alpha value is -2.00. The smallest absolute Gasteiger partial charge is 0.274 e. The highest BCUT2D eigenvalue weighted by Gasteiger charge is 2.17. The molecule has 0 aliphatic carbocycles. The number of carbonyl (C=O) groups excluding carboxylic acids is 1. The topological polar surface area (TPSA) is 63.1 Å². The number of anilines is 1. The van der Waals surface area contributed by atoms with Crippen LogP contribution < -0.4 is 5.32 Å². The van der Waals surface area contributed by atoms with Crippen LogP contribution in [-0.4, -0.2) is 39.7 Å². The third kappa shape index (κ3) is 5.99. The average molecular weight is 458 g/mol. The summed E-state index contributed by atoms with van der Waals surface area (Å²) in [5.41, 5.74) is 2.74. The molecule has 0 fully saturated rings. The summed E-state index contributed by atoms with van der Waals surface area (Å²) in [4.78, 5) is 19.1. The fraction of sp³-hybridized carbons (Fsp3) is 0.316. The molecule has 0 atom stereocenters. The fourth-order valence-corrected chi connectivity index (χ4v) is 4.08. The Balaban J connectivity index is 0.00000300. The number of benzene rings is 1. The quantitative estimate of drug-likeness (QED) is 0.598. The molecule has 0 saturated carbocycles. The standard InChI is InChI=1S/C19H21ClFN5OS.ClH/c1-11-19(23-18(27)16-9-15(10-25(2)3)24-26(16)4)28-17(22-11)7-12-5-13(20)8-14(21)6-12;/h5-6,8-9H,7,10H2,1-4H3,(H,23,27);1H. The van der Waals surface area contributed by atoms with Crippen molar-refractivity contribution >= 4 is 46.3 Å². The van der Waals surface area contributed by atoms with Crippen molar-refractivity contribution in [3.05, 3.63) is 62.8 Å². The Bertz CT molecular complexity index is 998. The summed E-state index contributed by atoms with van der Waals surface area (Å²) < 4.78 is 15.1. The lowest BCUT2D eigenvalue weighted by Crippen LogP contribution is -2.15. The zero-order chi connectivity index (χ0) is 20.4. The maximum absolute atomic E-state index is 13.5. The summed E-state index contributed by atoms with van der Waals surface area (Å²) >= 11 is 7.28. The molecule has 0 saturated heterocycles. The number of aryl methyl sites for hydroxylation is 2. The molecule has 0 unspecified atom stereocenters. The van der Waals surface area contributed by atoms with Gasteiger partial charge in [-0.15, -0.1) is 23.7 Å². The molecule has 0 aliphatic heterocycles. The van der Waals surface area contributed by atoms with Gasteiger partial charge in [0.05, 0.1) is 16.4 Å². The summed E-state index contributed by atoms with van der Waals surface area (Å²) in [6.07, 6.45) is 0.442. The van der Waals surface area contributed by atoms with Gasteiger partial charge in [0, 0.05) is 25.0 Å². The molecular weight excluding hydrogens is 436 g/mol. The van der Waals surface area contributed by atoms with E-state index in [0.717, 1.165) is 16.3 Å². The van der Waals surface area contributed by atoms with Gasteiger partial charge in [0.1, 0.15) is 16.5 Å². The highest BCUT2D eigenvalue weighted by atomic mass is 35.5. The first-order valence-corrected chi connectivity index (χ1v) is 9.81. The third-order valence-electron chi connectivity index (χ3n) is 3.99. The first-order chi connectivity index (χ1) is 13.2. The van der Waals surface area contributed by atoms with Crippen molar-refractivity contribution in [3.8, 4) is 0 Å². The Kier molecular flexibility index (Phi) is 7.76. The molecule has 1 amide bonds. The van der Waals surface area contributed by atoms with Crippen LogP contribution in [0.4, 0.5) is 9.39 Å². The number of aromatic nitrogens is 3. The number of thiazole rings is 1. The molecule has 10 heteroatoms. The minimum atomic E-state index is -0.381. The number of hydrogen-bond donors (Lipinski definition) is 1. The number of halogens is 3. The fourth-order valence-electron chi connectivity index (χ4n) is 2.84. The second kappa shape index (κ2) is 9.67. The van der Waals surface area contributed by atoms with Crippen LogP contribution in [0.3, 0.4) is 0 Å². The molecule has 156 valence electrons. The van der Waals surface area contributed by atoms with Crippen molar-refractivity contribution in [2.75, 3.05) is 19.4 Å². The predicted octanol–water partition coefficient (Wildman–Crippen LogP) is 4.30. The molecule has 1 N–H and O–H groups in total. The average Bonchev–Trinajstić information content (AvgIpc) is 3.08. The number of nitrogens with one attached hydrogen (secondary N) is 1. The number of carbonyl (C=O) groups is 1. The van der Waals surface area contributed by atoms with E-state index in [1.54, 1.807) is 23.9 Å². The lowest BCUT2D eigenvalue weighted by molar-refractivity contribution is 0.101. The van der Waals surface area contributed by atoms with Gasteiger partial charge in [-0.25, -0.2) is 9.37 Å². The number of amides is 1. The lowest BCUT2D eigenvalue weighted by atomic mass is 10.1. The van der Waals surface area contributed by atoms with Gasteiger partial charge in [-0.1, -0.05) is 11.6 Å².